The van der Waals surface area contributed by atoms with Crippen LogP contribution in [0.3, 0.4) is 0 Å². The molecule has 1 aliphatic heterocycles. The molecule has 3 aromatic rings. The van der Waals surface area contributed by atoms with Gasteiger partial charge in [0.2, 0.25) is 5.95 Å². The lowest BCUT2D eigenvalue weighted by atomic mass is 9.94. The summed E-state index contributed by atoms with van der Waals surface area (Å²) >= 11 is 0. The molecule has 174 valence electrons. The predicted octanol–water partition coefficient (Wildman–Crippen LogP) is 4.31. The van der Waals surface area contributed by atoms with Gasteiger partial charge < -0.3 is 24.3 Å². The lowest BCUT2D eigenvalue weighted by Crippen LogP contribution is -2.29. The summed E-state index contributed by atoms with van der Waals surface area (Å²) in [5, 5.41) is 3.29. The Morgan fingerprint density at radius 3 is 2.58 bits per heavy atom. The summed E-state index contributed by atoms with van der Waals surface area (Å²) in [5.74, 6) is 1.56. The zero-order valence-corrected chi connectivity index (χ0v) is 19.4. The predicted molar refractivity (Wildman–Crippen MR) is 126 cm³/mol. The van der Waals surface area contributed by atoms with E-state index >= 15 is 0 Å². The Kier molecular flexibility index (Phi) is 6.84. The van der Waals surface area contributed by atoms with Gasteiger partial charge in [-0.05, 0) is 50.6 Å². The van der Waals surface area contributed by atoms with Gasteiger partial charge in [-0.3, -0.25) is 4.57 Å². The first-order valence-corrected chi connectivity index (χ1v) is 11.1. The van der Waals surface area contributed by atoms with E-state index in [2.05, 4.69) is 5.32 Å². The molecule has 0 spiro atoms. The maximum Gasteiger partial charge on any atom is 0.338 e. The molecule has 1 aliphatic rings. The molecule has 4 rings (SSSR count). The van der Waals surface area contributed by atoms with Crippen LogP contribution in [-0.2, 0) is 14.3 Å². The van der Waals surface area contributed by atoms with Crippen LogP contribution in [0.5, 0.6) is 11.5 Å². The number of nitrogens with one attached hydrogen (secondary N) is 1. The number of rotatable bonds is 9. The number of imidazole rings is 1. The minimum absolute atomic E-state index is 0.170. The van der Waals surface area contributed by atoms with Gasteiger partial charge in [0, 0.05) is 12.8 Å². The molecule has 8 nitrogen and oxygen atoms in total. The number of nitrogens with zero attached hydrogens (tertiary/aromatic N) is 2. The fourth-order valence-corrected chi connectivity index (χ4v) is 4.08. The van der Waals surface area contributed by atoms with E-state index in [9.17, 15) is 4.79 Å². The fraction of sp³-hybridized carbons (Fsp3) is 0.360. The van der Waals surface area contributed by atoms with E-state index < -0.39 is 12.0 Å². The lowest BCUT2D eigenvalue weighted by molar-refractivity contribution is -0.140. The Hall–Kier alpha value is -3.52. The Bertz CT molecular complexity index is 1180. The van der Waals surface area contributed by atoms with Crippen LogP contribution in [0.15, 0.2) is 53.7 Å². The molecule has 1 N–H and O–H groups in total. The van der Waals surface area contributed by atoms with Crippen LogP contribution >= 0.6 is 0 Å². The van der Waals surface area contributed by atoms with Crippen LogP contribution in [0.25, 0.3) is 11.0 Å². The second-order valence-electron chi connectivity index (χ2n) is 7.56. The lowest BCUT2D eigenvalue weighted by Gasteiger charge is -2.30. The number of methoxy groups -OCH3 is 1. The van der Waals surface area contributed by atoms with Crippen molar-refractivity contribution < 1.29 is 23.7 Å². The third-order valence-corrected chi connectivity index (χ3v) is 5.45. The van der Waals surface area contributed by atoms with Gasteiger partial charge in [-0.15, -0.1) is 0 Å². The maximum absolute atomic E-state index is 13.2. The van der Waals surface area contributed by atoms with Gasteiger partial charge in [-0.1, -0.05) is 18.2 Å². The number of para-hydroxylation sites is 2. The summed E-state index contributed by atoms with van der Waals surface area (Å²) in [7, 11) is 1.57. The van der Waals surface area contributed by atoms with Gasteiger partial charge in [0.05, 0.1) is 42.5 Å². The van der Waals surface area contributed by atoms with Crippen LogP contribution in [0.2, 0.25) is 0 Å². The molecule has 2 heterocycles. The molecule has 33 heavy (non-hydrogen) atoms. The Morgan fingerprint density at radius 2 is 1.82 bits per heavy atom. The molecule has 1 atom stereocenters. The molecular formula is C25H29N3O5. The van der Waals surface area contributed by atoms with Crippen molar-refractivity contribution in [3.63, 3.8) is 0 Å². The van der Waals surface area contributed by atoms with Crippen molar-refractivity contribution in [3.05, 3.63) is 59.3 Å². The number of anilines is 1. The molecule has 2 aromatic carbocycles. The Labute approximate surface area is 193 Å². The minimum atomic E-state index is -0.460. The van der Waals surface area contributed by atoms with Crippen molar-refractivity contribution in [2.75, 3.05) is 38.9 Å². The van der Waals surface area contributed by atoms with Crippen molar-refractivity contribution in [3.8, 4) is 11.5 Å². The average Bonchev–Trinajstić information content (AvgIpc) is 3.17. The maximum atomic E-state index is 13.2. The zero-order chi connectivity index (χ0) is 23.4. The highest BCUT2D eigenvalue weighted by Crippen LogP contribution is 2.42. The zero-order valence-electron chi connectivity index (χ0n) is 19.4. The summed E-state index contributed by atoms with van der Waals surface area (Å²) in [6, 6.07) is 13.2. The molecule has 1 aromatic heterocycles. The standard InChI is InChI=1S/C25H29N3O5/c1-5-31-20-12-11-17(15-21(20)32-6-2)23-22(24(29)33-14-13-30-4)16(3)26-25-27-18-9-7-8-10-19(18)28(23)25/h7-12,15,23H,5-6,13-14H2,1-4H3,(H,26,27)/t23-/m1/s1. The van der Waals surface area contributed by atoms with Gasteiger partial charge in [0.15, 0.2) is 11.5 Å². The number of ether oxygens (including phenoxy) is 4. The van der Waals surface area contributed by atoms with E-state index in [-0.39, 0.29) is 6.61 Å². The molecule has 0 radical (unpaired) electrons. The van der Waals surface area contributed by atoms with Crippen molar-refractivity contribution in [2.24, 2.45) is 0 Å². The van der Waals surface area contributed by atoms with Gasteiger partial charge in [-0.25, -0.2) is 9.78 Å². The number of hydrogen-bond acceptors (Lipinski definition) is 7. The summed E-state index contributed by atoms with van der Waals surface area (Å²) < 4.78 is 24.2. The monoisotopic (exact) mass is 451 g/mol. The molecule has 8 heteroatoms. The van der Waals surface area contributed by atoms with Crippen LogP contribution in [0.1, 0.15) is 32.4 Å². The van der Waals surface area contributed by atoms with Crippen molar-refractivity contribution in [1.82, 2.24) is 9.55 Å². The van der Waals surface area contributed by atoms with E-state index in [1.165, 1.54) is 0 Å². The van der Waals surface area contributed by atoms with Gasteiger partial charge in [-0.2, -0.15) is 0 Å². The second-order valence-corrected chi connectivity index (χ2v) is 7.56. The number of fused-ring (bicyclic) bond motifs is 3. The molecule has 0 fully saturated rings. The van der Waals surface area contributed by atoms with Crippen LogP contribution in [-0.4, -0.2) is 49.1 Å². The molecule has 0 aliphatic carbocycles. The average molecular weight is 452 g/mol. The third kappa shape index (κ3) is 4.39. The SMILES string of the molecule is CCOc1ccc([C@@H]2C(C(=O)OCCOC)=C(C)Nc3nc4ccccc4n32)cc1OCC. The van der Waals surface area contributed by atoms with E-state index in [1.807, 2.05) is 67.8 Å². The van der Waals surface area contributed by atoms with Crippen molar-refractivity contribution in [2.45, 2.75) is 26.8 Å². The third-order valence-electron chi connectivity index (χ3n) is 5.45. The first-order valence-electron chi connectivity index (χ1n) is 11.1. The molecular weight excluding hydrogens is 422 g/mol. The van der Waals surface area contributed by atoms with Gasteiger partial charge in [0.1, 0.15) is 6.61 Å². The highest BCUT2D eigenvalue weighted by Gasteiger charge is 2.35. The summed E-state index contributed by atoms with van der Waals surface area (Å²) in [4.78, 5) is 18.0. The van der Waals surface area contributed by atoms with E-state index in [1.54, 1.807) is 7.11 Å². The summed E-state index contributed by atoms with van der Waals surface area (Å²) in [5.41, 5.74) is 3.81. The smallest absolute Gasteiger partial charge is 0.338 e. The number of esters is 1. The molecule has 0 bridgehead atoms. The quantitative estimate of drug-likeness (QED) is 0.383. The highest BCUT2D eigenvalue weighted by molar-refractivity contribution is 5.94. The van der Waals surface area contributed by atoms with E-state index in [0.717, 1.165) is 16.6 Å². The van der Waals surface area contributed by atoms with E-state index in [4.69, 9.17) is 23.9 Å². The largest absolute Gasteiger partial charge is 0.490 e. The molecule has 0 unspecified atom stereocenters. The number of benzene rings is 2. The topological polar surface area (TPSA) is 83.8 Å². The highest BCUT2D eigenvalue weighted by atomic mass is 16.6. The fourth-order valence-electron chi connectivity index (χ4n) is 4.08. The first-order chi connectivity index (χ1) is 16.1. The van der Waals surface area contributed by atoms with Gasteiger partial charge >= 0.3 is 5.97 Å². The van der Waals surface area contributed by atoms with Crippen molar-refractivity contribution >= 4 is 23.0 Å². The number of allylic oxidation sites excluding steroid dienone is 1. The molecule has 0 saturated heterocycles. The Morgan fingerprint density at radius 1 is 1.06 bits per heavy atom. The van der Waals surface area contributed by atoms with Crippen LogP contribution in [0.4, 0.5) is 5.95 Å². The number of aromatic nitrogens is 2. The summed E-state index contributed by atoms with van der Waals surface area (Å²) in [6.07, 6.45) is 0. The minimum Gasteiger partial charge on any atom is -0.490 e. The number of hydrogen-bond donors (Lipinski definition) is 1. The second kappa shape index (κ2) is 9.95. The number of carbonyl (C=O) groups excluding carboxylic acids is 1. The van der Waals surface area contributed by atoms with Crippen LogP contribution < -0.4 is 14.8 Å². The number of carbonyl (C=O) groups is 1. The van der Waals surface area contributed by atoms with Crippen molar-refractivity contribution in [1.29, 1.82) is 0 Å². The normalized spacial score (nSPS) is 15.2. The van der Waals surface area contributed by atoms with Gasteiger partial charge in [0.25, 0.3) is 0 Å². The van der Waals surface area contributed by atoms with Crippen LogP contribution in [0, 0.1) is 0 Å². The first kappa shape index (κ1) is 22.7. The molecule has 0 amide bonds. The summed E-state index contributed by atoms with van der Waals surface area (Å²) in [6.45, 7) is 7.24. The van der Waals surface area contributed by atoms with E-state index in [0.29, 0.717) is 48.5 Å². The Balaban J connectivity index is 1.87. The molecule has 0 saturated carbocycles.